The van der Waals surface area contributed by atoms with Crippen molar-refractivity contribution in [2.24, 2.45) is 0 Å². The molecule has 1 aromatic carbocycles. The number of nitrogens with one attached hydrogen (secondary N) is 2. The van der Waals surface area contributed by atoms with Crippen molar-refractivity contribution in [1.29, 1.82) is 0 Å². The van der Waals surface area contributed by atoms with Crippen molar-refractivity contribution in [3.8, 4) is 0 Å². The van der Waals surface area contributed by atoms with Crippen LogP contribution < -0.4 is 10.6 Å². The van der Waals surface area contributed by atoms with Gasteiger partial charge in [0.2, 0.25) is 5.91 Å². The van der Waals surface area contributed by atoms with Crippen LogP contribution in [-0.2, 0) is 14.3 Å². The monoisotopic (exact) mass is 346 g/mol. The van der Waals surface area contributed by atoms with Crippen molar-refractivity contribution in [2.45, 2.75) is 20.8 Å². The summed E-state index contributed by atoms with van der Waals surface area (Å²) in [6.07, 6.45) is 0. The van der Waals surface area contributed by atoms with Gasteiger partial charge in [-0.05, 0) is 44.2 Å². The van der Waals surface area contributed by atoms with Gasteiger partial charge in [0.25, 0.3) is 5.91 Å². The van der Waals surface area contributed by atoms with E-state index in [-0.39, 0.29) is 12.5 Å². The van der Waals surface area contributed by atoms with Gasteiger partial charge in [-0.1, -0.05) is 0 Å². The lowest BCUT2D eigenvalue weighted by Gasteiger charge is -2.07. The Kier molecular flexibility index (Phi) is 5.70. The largest absolute Gasteiger partial charge is 0.452 e. The highest BCUT2D eigenvalue weighted by atomic mass is 32.1. The van der Waals surface area contributed by atoms with Gasteiger partial charge in [0.15, 0.2) is 6.61 Å². The molecule has 0 unspecified atom stereocenters. The summed E-state index contributed by atoms with van der Waals surface area (Å²) in [7, 11) is 0. The lowest BCUT2D eigenvalue weighted by molar-refractivity contribution is -0.119. The molecule has 0 saturated heterocycles. The standard InChI is InChI=1S/C17H18N2O4S/c1-10-8-15(11(2)24-10)17(22)23-9-16(21)19-14-6-4-13(5-7-14)18-12(3)20/h4-8H,9H2,1-3H3,(H,18,20)(H,19,21). The van der Waals surface area contributed by atoms with E-state index in [2.05, 4.69) is 10.6 Å². The van der Waals surface area contributed by atoms with Crippen molar-refractivity contribution in [3.63, 3.8) is 0 Å². The van der Waals surface area contributed by atoms with Gasteiger partial charge in [0.1, 0.15) is 0 Å². The molecule has 2 N–H and O–H groups in total. The number of anilines is 2. The number of carbonyl (C=O) groups is 3. The average Bonchev–Trinajstić information content (AvgIpc) is 2.85. The molecule has 126 valence electrons. The number of benzene rings is 1. The number of rotatable bonds is 5. The molecule has 24 heavy (non-hydrogen) atoms. The number of hydrogen-bond acceptors (Lipinski definition) is 5. The maximum Gasteiger partial charge on any atom is 0.339 e. The number of hydrogen-bond donors (Lipinski definition) is 2. The van der Waals surface area contributed by atoms with Gasteiger partial charge in [-0.3, -0.25) is 9.59 Å². The van der Waals surface area contributed by atoms with E-state index in [1.54, 1.807) is 30.3 Å². The summed E-state index contributed by atoms with van der Waals surface area (Å²) in [6.45, 7) is 4.80. The van der Waals surface area contributed by atoms with Crippen molar-refractivity contribution in [3.05, 3.63) is 45.6 Å². The molecule has 0 spiro atoms. The Morgan fingerprint density at radius 2 is 1.62 bits per heavy atom. The molecule has 0 radical (unpaired) electrons. The van der Waals surface area contributed by atoms with Crippen LogP contribution in [0.4, 0.5) is 11.4 Å². The summed E-state index contributed by atoms with van der Waals surface area (Å²) in [5.41, 5.74) is 1.67. The zero-order valence-electron chi connectivity index (χ0n) is 13.6. The highest BCUT2D eigenvalue weighted by Crippen LogP contribution is 2.21. The third kappa shape index (κ3) is 4.92. The van der Waals surface area contributed by atoms with Crippen LogP contribution in [0.3, 0.4) is 0 Å². The lowest BCUT2D eigenvalue weighted by Crippen LogP contribution is -2.21. The SMILES string of the molecule is CC(=O)Nc1ccc(NC(=O)COC(=O)c2cc(C)sc2C)cc1. The molecule has 6 nitrogen and oxygen atoms in total. The fourth-order valence-electron chi connectivity index (χ4n) is 2.08. The van der Waals surface area contributed by atoms with Crippen molar-refractivity contribution in [1.82, 2.24) is 0 Å². The zero-order chi connectivity index (χ0) is 17.7. The van der Waals surface area contributed by atoms with E-state index in [0.717, 1.165) is 9.75 Å². The molecule has 1 aromatic heterocycles. The molecule has 2 rings (SSSR count). The van der Waals surface area contributed by atoms with Crippen LogP contribution in [0.15, 0.2) is 30.3 Å². The molecule has 0 aliphatic heterocycles. The highest BCUT2D eigenvalue weighted by molar-refractivity contribution is 7.12. The number of ether oxygens (including phenoxy) is 1. The number of esters is 1. The zero-order valence-corrected chi connectivity index (χ0v) is 14.5. The maximum atomic E-state index is 11.9. The predicted molar refractivity (Wildman–Crippen MR) is 93.5 cm³/mol. The van der Waals surface area contributed by atoms with Crippen LogP contribution in [0.5, 0.6) is 0 Å². The third-order valence-electron chi connectivity index (χ3n) is 3.08. The van der Waals surface area contributed by atoms with Gasteiger partial charge in [0, 0.05) is 28.1 Å². The second kappa shape index (κ2) is 7.74. The summed E-state index contributed by atoms with van der Waals surface area (Å²) >= 11 is 1.51. The quantitative estimate of drug-likeness (QED) is 0.815. The molecular weight excluding hydrogens is 328 g/mol. The number of thiophene rings is 1. The summed E-state index contributed by atoms with van der Waals surface area (Å²) in [5.74, 6) is -1.11. The van der Waals surface area contributed by atoms with Crippen LogP contribution >= 0.6 is 11.3 Å². The molecule has 0 atom stereocenters. The Bertz CT molecular complexity index is 765. The van der Waals surface area contributed by atoms with Crippen LogP contribution in [0, 0.1) is 13.8 Å². The molecule has 2 amide bonds. The Morgan fingerprint density at radius 1 is 1.04 bits per heavy atom. The molecular formula is C17H18N2O4S. The molecule has 7 heteroatoms. The Balaban J connectivity index is 1.86. The van der Waals surface area contributed by atoms with E-state index in [1.807, 2.05) is 13.8 Å². The molecule has 0 fully saturated rings. The minimum Gasteiger partial charge on any atom is -0.452 e. The minimum atomic E-state index is -0.506. The number of carbonyl (C=O) groups excluding carboxylic acids is 3. The van der Waals surface area contributed by atoms with E-state index in [9.17, 15) is 14.4 Å². The summed E-state index contributed by atoms with van der Waals surface area (Å²) in [6, 6.07) is 8.39. The number of aryl methyl sites for hydroxylation is 2. The van der Waals surface area contributed by atoms with Crippen LogP contribution in [-0.4, -0.2) is 24.4 Å². The predicted octanol–water partition coefficient (Wildman–Crippen LogP) is 3.12. The van der Waals surface area contributed by atoms with Gasteiger partial charge >= 0.3 is 5.97 Å². The minimum absolute atomic E-state index is 0.169. The fraction of sp³-hybridized carbons (Fsp3) is 0.235. The van der Waals surface area contributed by atoms with E-state index >= 15 is 0 Å². The second-order valence-electron chi connectivity index (χ2n) is 5.21. The van der Waals surface area contributed by atoms with E-state index in [1.165, 1.54) is 18.3 Å². The van der Waals surface area contributed by atoms with Crippen LogP contribution in [0.25, 0.3) is 0 Å². The highest BCUT2D eigenvalue weighted by Gasteiger charge is 2.15. The first-order chi connectivity index (χ1) is 11.3. The first kappa shape index (κ1) is 17.7. The molecule has 0 aliphatic carbocycles. The molecule has 0 bridgehead atoms. The summed E-state index contributed by atoms with van der Waals surface area (Å²) < 4.78 is 5.03. The second-order valence-corrected chi connectivity index (χ2v) is 6.67. The van der Waals surface area contributed by atoms with E-state index in [0.29, 0.717) is 16.9 Å². The Morgan fingerprint density at radius 3 is 2.12 bits per heavy atom. The Hall–Kier alpha value is -2.67. The summed E-state index contributed by atoms with van der Waals surface area (Å²) in [5, 5.41) is 5.25. The van der Waals surface area contributed by atoms with Gasteiger partial charge in [-0.15, -0.1) is 11.3 Å². The molecule has 0 saturated carbocycles. The van der Waals surface area contributed by atoms with Gasteiger partial charge in [-0.25, -0.2) is 4.79 Å². The fourth-order valence-corrected chi connectivity index (χ4v) is 2.99. The van der Waals surface area contributed by atoms with E-state index in [4.69, 9.17) is 4.74 Å². The normalized spacial score (nSPS) is 10.1. The van der Waals surface area contributed by atoms with E-state index < -0.39 is 11.9 Å². The topological polar surface area (TPSA) is 84.5 Å². The molecule has 0 aliphatic rings. The van der Waals surface area contributed by atoms with Crippen LogP contribution in [0.2, 0.25) is 0 Å². The molecule has 2 aromatic rings. The average molecular weight is 346 g/mol. The maximum absolute atomic E-state index is 11.9. The Labute approximate surface area is 143 Å². The van der Waals surface area contributed by atoms with Crippen LogP contribution in [0.1, 0.15) is 27.0 Å². The van der Waals surface area contributed by atoms with Gasteiger partial charge in [0.05, 0.1) is 5.56 Å². The number of amides is 2. The first-order valence-corrected chi connectivity index (χ1v) is 8.08. The van der Waals surface area contributed by atoms with Gasteiger partial charge in [-0.2, -0.15) is 0 Å². The van der Waals surface area contributed by atoms with Gasteiger partial charge < -0.3 is 15.4 Å². The lowest BCUT2D eigenvalue weighted by atomic mass is 10.2. The molecule has 1 heterocycles. The van der Waals surface area contributed by atoms with Crippen molar-refractivity contribution < 1.29 is 19.1 Å². The summed E-state index contributed by atoms with van der Waals surface area (Å²) in [4.78, 5) is 36.6. The first-order valence-electron chi connectivity index (χ1n) is 7.27. The smallest absolute Gasteiger partial charge is 0.339 e. The third-order valence-corrected chi connectivity index (χ3v) is 4.05. The van der Waals surface area contributed by atoms with Crippen molar-refractivity contribution >= 4 is 40.5 Å². The van der Waals surface area contributed by atoms with Crippen molar-refractivity contribution in [2.75, 3.05) is 17.2 Å².